The minimum absolute atomic E-state index is 0.253. The van der Waals surface area contributed by atoms with E-state index in [-0.39, 0.29) is 5.91 Å². The molecule has 0 unspecified atom stereocenters. The number of hydrogen-bond acceptors (Lipinski definition) is 5. The summed E-state index contributed by atoms with van der Waals surface area (Å²) in [6.07, 6.45) is 0. The number of rotatable bonds is 4. The standard InChI is InChI=1S/C17H14N2O4S/c1-23-13-4-2-3-10(8-13)16(20)18-12-5-6-14-11(7-12)9-15(24-14)17(21)19-22/h2-9,22H,1H3,(H,18,20)(H,19,21). The normalized spacial score (nSPS) is 10.4. The largest absolute Gasteiger partial charge is 0.497 e. The molecule has 0 atom stereocenters. The number of thiophene rings is 1. The van der Waals surface area contributed by atoms with Crippen LogP contribution in [0, 0.1) is 0 Å². The van der Waals surface area contributed by atoms with Gasteiger partial charge in [0.1, 0.15) is 5.75 Å². The molecular formula is C17H14N2O4S. The molecule has 0 aliphatic rings. The Morgan fingerprint density at radius 2 is 1.92 bits per heavy atom. The van der Waals surface area contributed by atoms with Gasteiger partial charge in [-0.1, -0.05) is 6.07 Å². The Kier molecular flexibility index (Phi) is 4.45. The smallest absolute Gasteiger partial charge is 0.284 e. The summed E-state index contributed by atoms with van der Waals surface area (Å²) in [5.74, 6) is -0.203. The number of hydroxylamine groups is 1. The van der Waals surface area contributed by atoms with Gasteiger partial charge < -0.3 is 10.1 Å². The first-order valence-corrected chi connectivity index (χ1v) is 7.86. The molecule has 0 spiro atoms. The Balaban J connectivity index is 1.84. The number of carbonyl (C=O) groups excluding carboxylic acids is 2. The van der Waals surface area contributed by atoms with Crippen LogP contribution in [0.4, 0.5) is 5.69 Å². The van der Waals surface area contributed by atoms with Gasteiger partial charge in [0, 0.05) is 16.0 Å². The summed E-state index contributed by atoms with van der Waals surface area (Å²) in [5, 5.41) is 12.3. The van der Waals surface area contributed by atoms with E-state index in [2.05, 4.69) is 5.32 Å². The van der Waals surface area contributed by atoms with Crippen LogP contribution in [0.1, 0.15) is 20.0 Å². The van der Waals surface area contributed by atoms with Gasteiger partial charge in [-0.3, -0.25) is 14.8 Å². The highest BCUT2D eigenvalue weighted by Crippen LogP contribution is 2.28. The summed E-state index contributed by atoms with van der Waals surface area (Å²) < 4.78 is 5.99. The molecular weight excluding hydrogens is 328 g/mol. The number of carbonyl (C=O) groups is 2. The number of ether oxygens (including phenoxy) is 1. The van der Waals surface area contributed by atoms with E-state index in [1.54, 1.807) is 55.1 Å². The maximum absolute atomic E-state index is 12.3. The van der Waals surface area contributed by atoms with Crippen molar-refractivity contribution in [2.45, 2.75) is 0 Å². The molecule has 1 heterocycles. The Labute approximate surface area is 141 Å². The number of anilines is 1. The third-order valence-corrected chi connectivity index (χ3v) is 4.55. The van der Waals surface area contributed by atoms with Crippen LogP contribution in [0.25, 0.3) is 10.1 Å². The van der Waals surface area contributed by atoms with Crippen LogP contribution in [-0.2, 0) is 0 Å². The molecule has 24 heavy (non-hydrogen) atoms. The highest BCUT2D eigenvalue weighted by atomic mass is 32.1. The van der Waals surface area contributed by atoms with Crippen molar-refractivity contribution in [1.82, 2.24) is 5.48 Å². The molecule has 0 saturated heterocycles. The molecule has 0 fully saturated rings. The molecule has 3 aromatic rings. The Hall–Kier alpha value is -2.90. The predicted molar refractivity (Wildman–Crippen MR) is 92.0 cm³/mol. The third-order valence-electron chi connectivity index (χ3n) is 3.43. The molecule has 0 aliphatic carbocycles. The monoisotopic (exact) mass is 342 g/mol. The van der Waals surface area contributed by atoms with E-state index in [1.807, 2.05) is 6.07 Å². The van der Waals surface area contributed by atoms with Crippen molar-refractivity contribution >= 4 is 38.9 Å². The van der Waals surface area contributed by atoms with E-state index < -0.39 is 5.91 Å². The molecule has 0 radical (unpaired) electrons. The van der Waals surface area contributed by atoms with Gasteiger partial charge >= 0.3 is 0 Å². The fourth-order valence-corrected chi connectivity index (χ4v) is 3.19. The number of nitrogens with one attached hydrogen (secondary N) is 2. The first-order chi connectivity index (χ1) is 11.6. The molecule has 122 valence electrons. The van der Waals surface area contributed by atoms with Crippen LogP contribution in [0.3, 0.4) is 0 Å². The van der Waals surface area contributed by atoms with Crippen LogP contribution in [0.5, 0.6) is 5.75 Å². The lowest BCUT2D eigenvalue weighted by Gasteiger charge is -2.07. The molecule has 1 aromatic heterocycles. The van der Waals surface area contributed by atoms with Crippen molar-refractivity contribution in [2.75, 3.05) is 12.4 Å². The fraction of sp³-hybridized carbons (Fsp3) is 0.0588. The maximum Gasteiger partial charge on any atom is 0.284 e. The minimum Gasteiger partial charge on any atom is -0.497 e. The van der Waals surface area contributed by atoms with Crippen molar-refractivity contribution in [3.8, 4) is 5.75 Å². The zero-order valence-corrected chi connectivity index (χ0v) is 13.5. The van der Waals surface area contributed by atoms with Gasteiger partial charge in [-0.2, -0.15) is 0 Å². The van der Waals surface area contributed by atoms with Crippen molar-refractivity contribution in [2.24, 2.45) is 0 Å². The van der Waals surface area contributed by atoms with E-state index >= 15 is 0 Å². The van der Waals surface area contributed by atoms with Gasteiger partial charge in [-0.15, -0.1) is 11.3 Å². The summed E-state index contributed by atoms with van der Waals surface area (Å²) in [6.45, 7) is 0. The Morgan fingerprint density at radius 1 is 1.08 bits per heavy atom. The number of benzene rings is 2. The highest BCUT2D eigenvalue weighted by molar-refractivity contribution is 7.20. The molecule has 0 bridgehead atoms. The third kappa shape index (κ3) is 3.22. The summed E-state index contributed by atoms with van der Waals surface area (Å²) >= 11 is 1.26. The lowest BCUT2D eigenvalue weighted by molar-refractivity contribution is 0.0711. The van der Waals surface area contributed by atoms with Crippen LogP contribution in [-0.4, -0.2) is 24.1 Å². The Morgan fingerprint density at radius 3 is 2.67 bits per heavy atom. The first-order valence-electron chi connectivity index (χ1n) is 7.04. The summed E-state index contributed by atoms with van der Waals surface area (Å²) in [4.78, 5) is 24.2. The molecule has 2 aromatic carbocycles. The van der Waals surface area contributed by atoms with Crippen molar-refractivity contribution < 1.29 is 19.5 Å². The second-order valence-corrected chi connectivity index (χ2v) is 6.07. The van der Waals surface area contributed by atoms with Crippen molar-refractivity contribution in [3.63, 3.8) is 0 Å². The minimum atomic E-state index is -0.557. The molecule has 3 rings (SSSR count). The predicted octanol–water partition coefficient (Wildman–Crippen LogP) is 3.28. The van der Waals surface area contributed by atoms with Gasteiger partial charge in [0.2, 0.25) is 0 Å². The van der Waals surface area contributed by atoms with Gasteiger partial charge in [0.15, 0.2) is 0 Å². The van der Waals surface area contributed by atoms with Crippen LogP contribution < -0.4 is 15.5 Å². The zero-order chi connectivity index (χ0) is 17.1. The van der Waals surface area contributed by atoms with Gasteiger partial charge in [-0.25, -0.2) is 5.48 Å². The van der Waals surface area contributed by atoms with E-state index in [9.17, 15) is 9.59 Å². The van der Waals surface area contributed by atoms with Crippen LogP contribution >= 0.6 is 11.3 Å². The second kappa shape index (κ2) is 6.69. The first kappa shape index (κ1) is 16.0. The number of hydrogen-bond donors (Lipinski definition) is 3. The molecule has 3 N–H and O–H groups in total. The van der Waals surface area contributed by atoms with Crippen molar-refractivity contribution in [3.05, 3.63) is 59.0 Å². The van der Waals surface area contributed by atoms with E-state index in [0.717, 1.165) is 10.1 Å². The Bertz CT molecular complexity index is 920. The van der Waals surface area contributed by atoms with Gasteiger partial charge in [-0.05, 0) is 47.9 Å². The average molecular weight is 342 g/mol. The number of methoxy groups -OCH3 is 1. The number of amides is 2. The zero-order valence-electron chi connectivity index (χ0n) is 12.7. The van der Waals surface area contributed by atoms with E-state index in [4.69, 9.17) is 9.94 Å². The average Bonchev–Trinajstić information content (AvgIpc) is 3.04. The lowest BCUT2D eigenvalue weighted by atomic mass is 10.2. The SMILES string of the molecule is COc1cccc(C(=O)Nc2ccc3sc(C(=O)NO)cc3c2)c1. The second-order valence-electron chi connectivity index (χ2n) is 4.99. The molecule has 6 nitrogen and oxygen atoms in total. The molecule has 0 saturated carbocycles. The summed E-state index contributed by atoms with van der Waals surface area (Å²) in [5.41, 5.74) is 2.71. The lowest BCUT2D eigenvalue weighted by Crippen LogP contribution is -2.16. The fourth-order valence-electron chi connectivity index (χ4n) is 2.26. The molecule has 7 heteroatoms. The molecule has 0 aliphatic heterocycles. The van der Waals surface area contributed by atoms with E-state index in [1.165, 1.54) is 11.3 Å². The summed E-state index contributed by atoms with van der Waals surface area (Å²) in [7, 11) is 1.54. The maximum atomic E-state index is 12.3. The van der Waals surface area contributed by atoms with Gasteiger partial charge in [0.05, 0.1) is 12.0 Å². The summed E-state index contributed by atoms with van der Waals surface area (Å²) in [6, 6.07) is 13.9. The number of fused-ring (bicyclic) bond motifs is 1. The van der Waals surface area contributed by atoms with E-state index in [0.29, 0.717) is 21.9 Å². The molecule has 2 amide bonds. The van der Waals surface area contributed by atoms with Gasteiger partial charge in [0.25, 0.3) is 11.8 Å². The van der Waals surface area contributed by atoms with Crippen LogP contribution in [0.15, 0.2) is 48.5 Å². The quantitative estimate of drug-likeness (QED) is 0.501. The van der Waals surface area contributed by atoms with Crippen molar-refractivity contribution in [1.29, 1.82) is 0 Å². The highest BCUT2D eigenvalue weighted by Gasteiger charge is 2.11. The van der Waals surface area contributed by atoms with Crippen LogP contribution in [0.2, 0.25) is 0 Å². The topological polar surface area (TPSA) is 87.7 Å².